The molecule has 1 aromatic rings. The predicted molar refractivity (Wildman–Crippen MR) is 149 cm³/mol. The van der Waals surface area contributed by atoms with Crippen molar-refractivity contribution in [3.05, 3.63) is 54.4 Å². The molecule has 0 radical (unpaired) electrons. The molecule has 3 N–H and O–H groups in total. The highest BCUT2D eigenvalue weighted by atomic mass is 31.2. The molecule has 4 rings (SSSR count). The van der Waals surface area contributed by atoms with Gasteiger partial charge in [0, 0.05) is 18.0 Å². The third-order valence-corrected chi connectivity index (χ3v) is 8.03. The predicted octanol–water partition coefficient (Wildman–Crippen LogP) is 3.59. The first-order valence-electron chi connectivity index (χ1n) is 13.5. The van der Waals surface area contributed by atoms with E-state index in [9.17, 15) is 14.2 Å². The molecular weight excluding hydrogens is 553 g/mol. The highest BCUT2D eigenvalue weighted by molar-refractivity contribution is 7.52. The number of amides is 1. The van der Waals surface area contributed by atoms with Crippen LogP contribution in [0.4, 0.5) is 0 Å². The third-order valence-electron chi connectivity index (χ3n) is 6.39. The van der Waals surface area contributed by atoms with Gasteiger partial charge in [0.1, 0.15) is 30.1 Å². The number of carbonyl (C=O) groups is 2. The van der Waals surface area contributed by atoms with Gasteiger partial charge >= 0.3 is 13.7 Å². The van der Waals surface area contributed by atoms with Crippen molar-refractivity contribution in [3.63, 3.8) is 0 Å². The maximum atomic E-state index is 14.0. The van der Waals surface area contributed by atoms with Crippen LogP contribution in [0.25, 0.3) is 0 Å². The molecule has 3 unspecified atom stereocenters. The molecule has 0 bridgehead atoms. The second-order valence-corrected chi connectivity index (χ2v) is 13.6. The number of rotatable bonds is 11. The number of benzene rings is 1. The van der Waals surface area contributed by atoms with E-state index in [2.05, 4.69) is 5.09 Å². The zero-order chi connectivity index (χ0) is 30.0. The molecule has 3 aliphatic heterocycles. The molecule has 41 heavy (non-hydrogen) atoms. The zero-order valence-corrected chi connectivity index (χ0v) is 25.2. The molecule has 1 amide bonds. The van der Waals surface area contributed by atoms with Gasteiger partial charge in [-0.1, -0.05) is 45.0 Å². The Morgan fingerprint density at radius 3 is 2.54 bits per heavy atom. The fourth-order valence-corrected chi connectivity index (χ4v) is 6.02. The Labute approximate surface area is 240 Å². The average molecular weight is 594 g/mol. The van der Waals surface area contributed by atoms with Crippen LogP contribution in [0.1, 0.15) is 48.0 Å². The van der Waals surface area contributed by atoms with Gasteiger partial charge in [-0.25, -0.2) is 4.57 Å². The van der Waals surface area contributed by atoms with E-state index < -0.39 is 56.0 Å². The van der Waals surface area contributed by atoms with E-state index >= 15 is 0 Å². The van der Waals surface area contributed by atoms with Crippen molar-refractivity contribution in [3.8, 4) is 5.75 Å². The van der Waals surface area contributed by atoms with E-state index in [1.165, 1.54) is 6.92 Å². The number of ether oxygens (including phenoxy) is 4. The minimum absolute atomic E-state index is 0.187. The van der Waals surface area contributed by atoms with Crippen LogP contribution in [0.5, 0.6) is 5.75 Å². The van der Waals surface area contributed by atoms with Crippen molar-refractivity contribution < 1.29 is 42.1 Å². The topological polar surface area (TPSA) is 148 Å². The summed E-state index contributed by atoms with van der Waals surface area (Å²) < 4.78 is 49.6. The summed E-state index contributed by atoms with van der Waals surface area (Å²) in [6, 6.07) is 7.49. The van der Waals surface area contributed by atoms with Gasteiger partial charge in [0.05, 0.1) is 13.2 Å². The molecule has 13 heteroatoms. The van der Waals surface area contributed by atoms with Gasteiger partial charge in [-0.15, -0.1) is 0 Å². The lowest BCUT2D eigenvalue weighted by atomic mass is 9.99. The van der Waals surface area contributed by atoms with E-state index in [-0.39, 0.29) is 24.4 Å². The maximum absolute atomic E-state index is 14.0. The fraction of sp³-hybridized carbons (Fsp3) is 0.571. The van der Waals surface area contributed by atoms with Gasteiger partial charge in [0.25, 0.3) is 0 Å². The normalized spacial score (nSPS) is 27.5. The first-order chi connectivity index (χ1) is 19.1. The molecule has 12 nitrogen and oxygen atoms in total. The number of nitrogens with zero attached hydrogens (tertiary/aromatic N) is 1. The van der Waals surface area contributed by atoms with E-state index in [0.29, 0.717) is 12.0 Å². The lowest BCUT2D eigenvalue weighted by molar-refractivity contribution is -0.201. The van der Waals surface area contributed by atoms with Gasteiger partial charge in [0.15, 0.2) is 12.0 Å². The van der Waals surface area contributed by atoms with Gasteiger partial charge in [-0.2, -0.15) is 5.09 Å². The van der Waals surface area contributed by atoms with E-state index in [1.807, 2.05) is 20.8 Å². The Morgan fingerprint density at radius 2 is 1.88 bits per heavy atom. The second kappa shape index (κ2) is 12.2. The first kappa shape index (κ1) is 31.2. The summed E-state index contributed by atoms with van der Waals surface area (Å²) in [5.74, 6) is -1.76. The highest BCUT2D eigenvalue weighted by Crippen LogP contribution is 2.47. The molecule has 2 saturated heterocycles. The SMILES string of the molecule is CC(NP(=O)(OCC1O[C@@H](N2C=CCC(C(N)=O)=C2)[C@@H]2OC(C)(C)O[C@H]12)Oc1ccccc1)C(=O)OCC(C)(C)C. The zero-order valence-electron chi connectivity index (χ0n) is 24.3. The Hall–Kier alpha value is -2.73. The molecule has 0 aromatic heterocycles. The summed E-state index contributed by atoms with van der Waals surface area (Å²) in [7, 11) is -4.14. The Kier molecular flexibility index (Phi) is 9.32. The number of hydrogen-bond donors (Lipinski definition) is 2. The first-order valence-corrected chi connectivity index (χ1v) is 15.1. The largest absolute Gasteiger partial charge is 0.464 e. The molecule has 0 saturated carbocycles. The van der Waals surface area contributed by atoms with Crippen molar-refractivity contribution in [2.45, 2.75) is 84.3 Å². The van der Waals surface area contributed by atoms with E-state index in [1.54, 1.807) is 67.6 Å². The van der Waals surface area contributed by atoms with Gasteiger partial charge in [-0.3, -0.25) is 14.1 Å². The quantitative estimate of drug-likeness (QED) is 0.286. The van der Waals surface area contributed by atoms with Crippen LogP contribution in [0.3, 0.4) is 0 Å². The highest BCUT2D eigenvalue weighted by Gasteiger charge is 2.57. The van der Waals surface area contributed by atoms with Crippen molar-refractivity contribution >= 4 is 19.6 Å². The summed E-state index contributed by atoms with van der Waals surface area (Å²) in [6.07, 6.45) is 3.06. The Bertz CT molecular complexity index is 1210. The average Bonchev–Trinajstić information content (AvgIpc) is 3.39. The molecule has 2 fully saturated rings. The van der Waals surface area contributed by atoms with Gasteiger partial charge in [-0.05, 0) is 44.7 Å². The summed E-state index contributed by atoms with van der Waals surface area (Å²) in [5, 5.41) is 2.70. The summed E-state index contributed by atoms with van der Waals surface area (Å²) >= 11 is 0. The third kappa shape index (κ3) is 8.18. The number of carbonyl (C=O) groups excluding carboxylic acids is 2. The Morgan fingerprint density at radius 1 is 1.20 bits per heavy atom. The number of primary amides is 1. The minimum atomic E-state index is -4.14. The lowest BCUT2D eigenvalue weighted by Gasteiger charge is -2.31. The van der Waals surface area contributed by atoms with Crippen LogP contribution in [-0.2, 0) is 37.6 Å². The summed E-state index contributed by atoms with van der Waals surface area (Å²) in [6.45, 7) is 10.9. The number of nitrogens with one attached hydrogen (secondary N) is 1. The lowest BCUT2D eigenvalue weighted by Crippen LogP contribution is -2.40. The standard InChI is InChI=1S/C28H40N3O9P/c1-18(26(33)35-17-27(2,3)4)30-41(34,40-20-12-8-7-9-13-20)36-16-21-22-23(39-28(5,6)38-22)25(37-21)31-14-10-11-19(15-31)24(29)32/h7-10,12-15,18,21-23,25H,11,16-17H2,1-6H3,(H2,29,32)(H,30,34)/t18?,21?,22-,23-,25-,41?/m1/s1. The fourth-order valence-electron chi connectivity index (χ4n) is 4.52. The van der Waals surface area contributed by atoms with Crippen molar-refractivity contribution in [1.29, 1.82) is 0 Å². The van der Waals surface area contributed by atoms with Crippen molar-refractivity contribution in [1.82, 2.24) is 9.99 Å². The number of fused-ring (bicyclic) bond motifs is 1. The van der Waals surface area contributed by atoms with Crippen molar-refractivity contribution in [2.24, 2.45) is 11.1 Å². The smallest absolute Gasteiger partial charge is 0.459 e. The van der Waals surface area contributed by atoms with Gasteiger partial charge < -0.3 is 34.1 Å². The monoisotopic (exact) mass is 593 g/mol. The molecule has 6 atom stereocenters. The number of nitrogens with two attached hydrogens (primary N) is 1. The molecule has 0 spiro atoms. The summed E-state index contributed by atoms with van der Waals surface area (Å²) in [4.78, 5) is 26.2. The van der Waals surface area contributed by atoms with Crippen LogP contribution in [0.2, 0.25) is 0 Å². The van der Waals surface area contributed by atoms with Crippen LogP contribution in [0, 0.1) is 5.41 Å². The van der Waals surface area contributed by atoms with Crippen LogP contribution in [-0.4, -0.2) is 66.4 Å². The van der Waals surface area contributed by atoms with E-state index in [0.717, 1.165) is 0 Å². The maximum Gasteiger partial charge on any atom is 0.459 e. The number of allylic oxidation sites excluding steroid dienone is 1. The van der Waals surface area contributed by atoms with Gasteiger partial charge in [0.2, 0.25) is 5.91 Å². The molecule has 3 aliphatic rings. The number of esters is 1. The second-order valence-electron chi connectivity index (χ2n) is 11.9. The Balaban J connectivity index is 1.51. The molecular formula is C28H40N3O9P. The van der Waals surface area contributed by atoms with E-state index in [4.69, 9.17) is 33.7 Å². The van der Waals surface area contributed by atoms with Crippen LogP contribution in [0.15, 0.2) is 54.4 Å². The molecule has 226 valence electrons. The molecule has 3 heterocycles. The van der Waals surface area contributed by atoms with Crippen LogP contribution < -0.4 is 15.3 Å². The van der Waals surface area contributed by atoms with Crippen LogP contribution >= 0.6 is 7.75 Å². The number of para-hydroxylation sites is 1. The molecule has 1 aromatic carbocycles. The van der Waals surface area contributed by atoms with Crippen molar-refractivity contribution in [2.75, 3.05) is 13.2 Å². The molecule has 0 aliphatic carbocycles. The summed E-state index contributed by atoms with van der Waals surface area (Å²) in [5.41, 5.74) is 5.68. The minimum Gasteiger partial charge on any atom is -0.464 e. The number of hydrogen-bond acceptors (Lipinski definition) is 10.